The Labute approximate surface area is 67.3 Å². The van der Waals surface area contributed by atoms with E-state index < -0.39 is 5.97 Å². The van der Waals surface area contributed by atoms with Crippen LogP contribution in [-0.2, 0) is 4.79 Å². The average molecular weight is 157 g/mol. The Morgan fingerprint density at radius 1 is 1.64 bits per heavy atom. The van der Waals surface area contributed by atoms with Gasteiger partial charge in [0.1, 0.15) is 0 Å². The number of carbonyl (C=O) groups is 1. The zero-order valence-electron chi connectivity index (χ0n) is 7.08. The number of hydrogen-bond donors (Lipinski definition) is 1. The highest BCUT2D eigenvalue weighted by Crippen LogP contribution is 1.87. The van der Waals surface area contributed by atoms with E-state index in [2.05, 4.69) is 0 Å². The lowest BCUT2D eigenvalue weighted by atomic mass is 10.4. The Kier molecular flexibility index (Phi) is 5.47. The van der Waals surface area contributed by atoms with E-state index in [1.165, 1.54) is 0 Å². The van der Waals surface area contributed by atoms with E-state index in [1.807, 2.05) is 30.9 Å². The molecule has 0 aromatic heterocycles. The fraction of sp³-hybridized carbons (Fsp3) is 0.625. The van der Waals surface area contributed by atoms with Crippen LogP contribution in [0.3, 0.4) is 0 Å². The lowest BCUT2D eigenvalue weighted by Gasteiger charge is -2.14. The molecule has 1 N–H and O–H groups in total. The number of nitrogens with zero attached hydrogens (tertiary/aromatic N) is 1. The van der Waals surface area contributed by atoms with Crippen LogP contribution >= 0.6 is 0 Å². The van der Waals surface area contributed by atoms with Gasteiger partial charge in [0.05, 0.1) is 6.54 Å². The normalized spacial score (nSPS) is 11.2. The Morgan fingerprint density at radius 3 is 2.64 bits per heavy atom. The van der Waals surface area contributed by atoms with Gasteiger partial charge in [-0.25, -0.2) is 0 Å². The van der Waals surface area contributed by atoms with Gasteiger partial charge in [0, 0.05) is 6.54 Å². The number of carboxylic acid groups (broad SMARTS) is 1. The van der Waals surface area contributed by atoms with E-state index in [0.717, 1.165) is 13.1 Å². The molecule has 0 aliphatic heterocycles. The van der Waals surface area contributed by atoms with Crippen molar-refractivity contribution in [3.05, 3.63) is 12.2 Å². The fourth-order valence-electron chi connectivity index (χ4n) is 0.751. The molecule has 0 aromatic rings. The van der Waals surface area contributed by atoms with Gasteiger partial charge in [-0.3, -0.25) is 9.69 Å². The summed E-state index contributed by atoms with van der Waals surface area (Å²) < 4.78 is 0. The number of rotatable bonds is 5. The van der Waals surface area contributed by atoms with E-state index in [1.54, 1.807) is 0 Å². The van der Waals surface area contributed by atoms with Crippen molar-refractivity contribution in [3.8, 4) is 0 Å². The molecule has 0 rings (SSSR count). The Balaban J connectivity index is 3.66. The number of likely N-dealkylation sites (N-methyl/N-ethyl adjacent to an activating group) is 1. The molecule has 64 valence electrons. The van der Waals surface area contributed by atoms with Crippen LogP contribution in [0.25, 0.3) is 0 Å². The quantitative estimate of drug-likeness (QED) is 0.604. The topological polar surface area (TPSA) is 40.5 Å². The first-order valence-electron chi connectivity index (χ1n) is 3.76. The molecule has 3 heteroatoms. The highest BCUT2D eigenvalue weighted by Gasteiger charge is 2.03. The van der Waals surface area contributed by atoms with E-state index in [0.29, 0.717) is 0 Å². The minimum Gasteiger partial charge on any atom is -0.480 e. The fourth-order valence-corrected chi connectivity index (χ4v) is 0.751. The molecule has 0 saturated heterocycles. The molecule has 0 spiro atoms. The van der Waals surface area contributed by atoms with E-state index in [9.17, 15) is 4.79 Å². The van der Waals surface area contributed by atoms with E-state index in [-0.39, 0.29) is 6.54 Å². The molecule has 0 bridgehead atoms. The Hall–Kier alpha value is -0.830. The first kappa shape index (κ1) is 10.2. The summed E-state index contributed by atoms with van der Waals surface area (Å²) in [7, 11) is 0. The predicted octanol–water partition coefficient (Wildman–Crippen LogP) is 0.969. The van der Waals surface area contributed by atoms with Crippen LogP contribution in [0.1, 0.15) is 13.8 Å². The molecule has 0 aliphatic carbocycles. The minimum atomic E-state index is -0.767. The Bertz CT molecular complexity index is 143. The molecule has 3 nitrogen and oxygen atoms in total. The Morgan fingerprint density at radius 2 is 2.27 bits per heavy atom. The van der Waals surface area contributed by atoms with Crippen molar-refractivity contribution in [1.82, 2.24) is 4.90 Å². The zero-order chi connectivity index (χ0) is 8.69. The van der Waals surface area contributed by atoms with Gasteiger partial charge in [0.15, 0.2) is 0 Å². The number of allylic oxidation sites excluding steroid dienone is 1. The molecule has 0 aromatic carbocycles. The van der Waals surface area contributed by atoms with Crippen molar-refractivity contribution in [2.75, 3.05) is 19.6 Å². The summed E-state index contributed by atoms with van der Waals surface area (Å²) in [6.45, 7) is 5.50. The largest absolute Gasteiger partial charge is 0.480 e. The smallest absolute Gasteiger partial charge is 0.317 e. The monoisotopic (exact) mass is 157 g/mol. The maximum atomic E-state index is 10.3. The summed E-state index contributed by atoms with van der Waals surface area (Å²) in [4.78, 5) is 12.1. The van der Waals surface area contributed by atoms with Crippen LogP contribution in [0.4, 0.5) is 0 Å². The van der Waals surface area contributed by atoms with Crippen LogP contribution in [0.2, 0.25) is 0 Å². The molecular formula is C8H15NO2. The summed E-state index contributed by atoms with van der Waals surface area (Å²) in [5.41, 5.74) is 0. The second-order valence-corrected chi connectivity index (χ2v) is 2.29. The van der Waals surface area contributed by atoms with Gasteiger partial charge in [-0.05, 0) is 13.5 Å². The summed E-state index contributed by atoms with van der Waals surface area (Å²) in [5, 5.41) is 8.45. The van der Waals surface area contributed by atoms with Gasteiger partial charge < -0.3 is 5.11 Å². The van der Waals surface area contributed by atoms with E-state index >= 15 is 0 Å². The molecule has 0 fully saturated rings. The van der Waals surface area contributed by atoms with Gasteiger partial charge in [-0.15, -0.1) is 0 Å². The molecule has 0 unspecified atom stereocenters. The van der Waals surface area contributed by atoms with Crippen molar-refractivity contribution < 1.29 is 9.90 Å². The first-order chi connectivity index (χ1) is 5.20. The van der Waals surface area contributed by atoms with Crippen LogP contribution in [0.5, 0.6) is 0 Å². The number of hydrogen-bond acceptors (Lipinski definition) is 2. The maximum absolute atomic E-state index is 10.3. The second-order valence-electron chi connectivity index (χ2n) is 2.29. The van der Waals surface area contributed by atoms with Gasteiger partial charge >= 0.3 is 5.97 Å². The first-order valence-corrected chi connectivity index (χ1v) is 3.76. The van der Waals surface area contributed by atoms with E-state index in [4.69, 9.17) is 5.11 Å². The van der Waals surface area contributed by atoms with Gasteiger partial charge in [0.25, 0.3) is 0 Å². The lowest BCUT2D eigenvalue weighted by molar-refractivity contribution is -0.138. The summed E-state index contributed by atoms with van der Waals surface area (Å²) in [5.74, 6) is -0.767. The SMILES string of the molecule is C/C=C/CN(CC)CC(=O)O. The van der Waals surface area contributed by atoms with Crippen molar-refractivity contribution in [2.24, 2.45) is 0 Å². The molecule has 0 aliphatic rings. The summed E-state index contributed by atoms with van der Waals surface area (Å²) >= 11 is 0. The molecule has 0 atom stereocenters. The third kappa shape index (κ3) is 5.61. The standard InChI is InChI=1S/C8H15NO2/c1-3-5-6-9(4-2)7-8(10)11/h3,5H,4,6-7H2,1-2H3,(H,10,11)/b5-3+. The van der Waals surface area contributed by atoms with Crippen molar-refractivity contribution >= 4 is 5.97 Å². The van der Waals surface area contributed by atoms with Crippen LogP contribution in [0.15, 0.2) is 12.2 Å². The molecular weight excluding hydrogens is 142 g/mol. The van der Waals surface area contributed by atoms with Crippen molar-refractivity contribution in [2.45, 2.75) is 13.8 Å². The van der Waals surface area contributed by atoms with Gasteiger partial charge in [-0.1, -0.05) is 19.1 Å². The third-order valence-corrected chi connectivity index (χ3v) is 1.41. The summed E-state index contributed by atoms with van der Waals surface area (Å²) in [6, 6.07) is 0. The minimum absolute atomic E-state index is 0.126. The van der Waals surface area contributed by atoms with Gasteiger partial charge in [0.2, 0.25) is 0 Å². The molecule has 0 saturated carbocycles. The maximum Gasteiger partial charge on any atom is 0.317 e. The molecule has 0 heterocycles. The van der Waals surface area contributed by atoms with Crippen LogP contribution in [0, 0.1) is 0 Å². The average Bonchev–Trinajstić information content (AvgIpc) is 1.97. The lowest BCUT2D eigenvalue weighted by Crippen LogP contribution is -2.29. The van der Waals surface area contributed by atoms with Crippen LogP contribution < -0.4 is 0 Å². The highest BCUT2D eigenvalue weighted by molar-refractivity contribution is 5.69. The van der Waals surface area contributed by atoms with Crippen LogP contribution in [-0.4, -0.2) is 35.6 Å². The number of aliphatic carboxylic acids is 1. The zero-order valence-corrected chi connectivity index (χ0v) is 7.08. The van der Waals surface area contributed by atoms with Crippen molar-refractivity contribution in [1.29, 1.82) is 0 Å². The molecule has 0 amide bonds. The van der Waals surface area contributed by atoms with Crippen molar-refractivity contribution in [3.63, 3.8) is 0 Å². The summed E-state index contributed by atoms with van der Waals surface area (Å²) in [6.07, 6.45) is 3.87. The highest BCUT2D eigenvalue weighted by atomic mass is 16.4. The van der Waals surface area contributed by atoms with Gasteiger partial charge in [-0.2, -0.15) is 0 Å². The predicted molar refractivity (Wildman–Crippen MR) is 44.6 cm³/mol. The second kappa shape index (κ2) is 5.92. The molecule has 0 radical (unpaired) electrons. The molecule has 11 heavy (non-hydrogen) atoms. The third-order valence-electron chi connectivity index (χ3n) is 1.41. The number of carboxylic acids is 1.